The van der Waals surface area contributed by atoms with Gasteiger partial charge in [0.15, 0.2) is 5.79 Å². The van der Waals surface area contributed by atoms with E-state index >= 15 is 0 Å². The molecule has 2 aliphatic heterocycles. The zero-order valence-electron chi connectivity index (χ0n) is 19.0. The molecule has 2 amide bonds. The lowest BCUT2D eigenvalue weighted by atomic mass is 9.62. The number of hydrogen-bond donors (Lipinski definition) is 4. The number of anilines is 1. The predicted octanol–water partition coefficient (Wildman–Crippen LogP) is 1.32. The predicted molar refractivity (Wildman–Crippen MR) is 124 cm³/mol. The van der Waals surface area contributed by atoms with Gasteiger partial charge in [0.05, 0.1) is 23.6 Å². The summed E-state index contributed by atoms with van der Waals surface area (Å²) in [5.74, 6) is -4.55. The molecule has 0 spiro atoms. The number of imide groups is 1. The molecule has 2 aromatic carbocycles. The van der Waals surface area contributed by atoms with Crippen molar-refractivity contribution in [2.24, 2.45) is 29.6 Å². The van der Waals surface area contributed by atoms with Gasteiger partial charge in [0.2, 0.25) is 11.8 Å². The highest BCUT2D eigenvalue weighted by Gasteiger charge is 2.67. The van der Waals surface area contributed by atoms with Crippen molar-refractivity contribution in [1.82, 2.24) is 0 Å². The van der Waals surface area contributed by atoms with Gasteiger partial charge in [-0.25, -0.2) is 0 Å². The molecule has 178 valence electrons. The molecule has 1 saturated carbocycles. The van der Waals surface area contributed by atoms with Crippen molar-refractivity contribution < 1.29 is 34.6 Å². The molecule has 8 nitrogen and oxygen atoms in total. The van der Waals surface area contributed by atoms with Crippen LogP contribution in [0.15, 0.2) is 48.5 Å². The van der Waals surface area contributed by atoms with Gasteiger partial charge in [-0.2, -0.15) is 0 Å². The largest absolute Gasteiger partial charge is 0.508 e. The molecular weight excluding hydrogens is 437 g/mol. The molecule has 0 bridgehead atoms. The number of aliphatic hydroxyl groups is 1. The molecule has 2 heterocycles. The fourth-order valence-electron chi connectivity index (χ4n) is 6.18. The zero-order valence-corrected chi connectivity index (χ0v) is 19.0. The van der Waals surface area contributed by atoms with Crippen LogP contribution in [0.3, 0.4) is 0 Å². The Hall–Kier alpha value is -2.72. The topological polar surface area (TPSA) is 128 Å². The highest BCUT2D eigenvalue weighted by Crippen LogP contribution is 2.59. The minimum absolute atomic E-state index is 0.00110. The van der Waals surface area contributed by atoms with E-state index in [1.807, 2.05) is 19.9 Å². The number of ether oxygens (including phenoxy) is 1. The Morgan fingerprint density at radius 3 is 2.47 bits per heavy atom. The van der Waals surface area contributed by atoms with E-state index in [1.54, 1.807) is 30.3 Å². The van der Waals surface area contributed by atoms with Gasteiger partial charge in [-0.1, -0.05) is 38.1 Å². The zero-order chi connectivity index (χ0) is 24.4. The number of phenolic OH excluding ortho intramolecular Hbond substituents is 1. The summed E-state index contributed by atoms with van der Waals surface area (Å²) in [6, 6.07) is 12.7. The van der Waals surface area contributed by atoms with E-state index in [-0.39, 0.29) is 34.6 Å². The van der Waals surface area contributed by atoms with Gasteiger partial charge in [-0.05, 0) is 54.1 Å². The minimum atomic E-state index is -1.73. The summed E-state index contributed by atoms with van der Waals surface area (Å²) in [5.41, 5.74) is 1.17. The Kier molecular flexibility index (Phi) is 5.56. The minimum Gasteiger partial charge on any atom is -0.508 e. The second-order valence-corrected chi connectivity index (χ2v) is 9.99. The second-order valence-electron chi connectivity index (χ2n) is 9.99. The van der Waals surface area contributed by atoms with Crippen LogP contribution in [-0.2, 0) is 14.3 Å². The van der Waals surface area contributed by atoms with Gasteiger partial charge >= 0.3 is 7.12 Å². The number of carbonyl (C=O) groups excluding carboxylic acids is 2. The first kappa shape index (κ1) is 23.0. The normalized spacial score (nSPS) is 32.8. The highest BCUT2D eigenvalue weighted by molar-refractivity contribution is 6.58. The summed E-state index contributed by atoms with van der Waals surface area (Å²) in [5, 5.41) is 40.8. The molecule has 5 rings (SSSR count). The van der Waals surface area contributed by atoms with Crippen LogP contribution in [0.5, 0.6) is 5.75 Å². The van der Waals surface area contributed by atoms with E-state index in [0.29, 0.717) is 18.4 Å². The van der Waals surface area contributed by atoms with Gasteiger partial charge in [0.1, 0.15) is 5.75 Å². The Morgan fingerprint density at radius 1 is 1.06 bits per heavy atom. The summed E-state index contributed by atoms with van der Waals surface area (Å²) in [7, 11) is -1.73. The summed E-state index contributed by atoms with van der Waals surface area (Å²) in [6.45, 7) is 3.94. The van der Waals surface area contributed by atoms with E-state index in [9.17, 15) is 29.9 Å². The van der Waals surface area contributed by atoms with Crippen molar-refractivity contribution >= 4 is 30.1 Å². The van der Waals surface area contributed by atoms with Crippen LogP contribution >= 0.6 is 0 Å². The van der Waals surface area contributed by atoms with E-state index in [4.69, 9.17) is 4.74 Å². The van der Waals surface area contributed by atoms with Crippen LogP contribution in [0.2, 0.25) is 0 Å². The van der Waals surface area contributed by atoms with Gasteiger partial charge in [-0.3, -0.25) is 14.5 Å². The number of benzene rings is 2. The number of hydrogen-bond acceptors (Lipinski definition) is 7. The van der Waals surface area contributed by atoms with Crippen molar-refractivity contribution in [2.45, 2.75) is 38.6 Å². The highest BCUT2D eigenvalue weighted by atomic mass is 16.6. The van der Waals surface area contributed by atoms with Crippen LogP contribution in [0.25, 0.3) is 0 Å². The van der Waals surface area contributed by atoms with Gasteiger partial charge in [0, 0.05) is 11.8 Å². The first-order chi connectivity index (χ1) is 16.1. The van der Waals surface area contributed by atoms with E-state index in [0.717, 1.165) is 4.90 Å². The smallest absolute Gasteiger partial charge is 0.488 e. The molecule has 34 heavy (non-hydrogen) atoms. The number of carbonyl (C=O) groups is 2. The first-order valence-electron chi connectivity index (χ1n) is 11.6. The number of nitrogens with zero attached hydrogens (tertiary/aromatic N) is 1. The van der Waals surface area contributed by atoms with E-state index < -0.39 is 42.7 Å². The SMILES string of the molecule is CC(C)[C@H]1C[C@@H]2C(=O)N(c3cccc(B(O)O)c3)C(=O)[C@@H]2[C@@H]2C[C@@H](c3cccc(O)c3)O[C@]12O. The monoisotopic (exact) mass is 465 g/mol. The summed E-state index contributed by atoms with van der Waals surface area (Å²) < 4.78 is 6.25. The molecule has 3 fully saturated rings. The number of rotatable bonds is 4. The van der Waals surface area contributed by atoms with Crippen molar-refractivity contribution in [3.8, 4) is 5.75 Å². The fraction of sp³-hybridized carbons (Fsp3) is 0.440. The molecule has 2 aromatic rings. The van der Waals surface area contributed by atoms with Crippen LogP contribution in [0.4, 0.5) is 5.69 Å². The third-order valence-electron chi connectivity index (χ3n) is 7.75. The van der Waals surface area contributed by atoms with Gasteiger partial charge in [0.25, 0.3) is 0 Å². The average molecular weight is 465 g/mol. The Morgan fingerprint density at radius 2 is 1.79 bits per heavy atom. The number of fused-ring (bicyclic) bond motifs is 3. The molecule has 9 heteroatoms. The lowest BCUT2D eigenvalue weighted by Gasteiger charge is -2.46. The molecule has 2 saturated heterocycles. The molecule has 0 unspecified atom stereocenters. The van der Waals surface area contributed by atoms with Crippen molar-refractivity contribution in [2.75, 3.05) is 4.90 Å². The molecule has 3 aliphatic rings. The molecule has 4 N–H and O–H groups in total. The standard InChI is InChI=1S/C25H28BNO7/c1-13(2)19-11-18-22(20-12-21(34-25(19,20)31)14-5-3-8-17(28)9-14)24(30)27(23(18)29)16-7-4-6-15(10-16)26(32)33/h3-10,13,18-22,28,31-33H,11-12H2,1-2H3/t18-,19+,20-,21-,22-,25+/m0/s1. The fourth-order valence-corrected chi connectivity index (χ4v) is 6.18. The number of phenols is 1. The second kappa shape index (κ2) is 8.20. The Balaban J connectivity index is 1.54. The van der Waals surface area contributed by atoms with E-state index in [2.05, 4.69) is 0 Å². The first-order valence-corrected chi connectivity index (χ1v) is 11.6. The lowest BCUT2D eigenvalue weighted by molar-refractivity contribution is -0.276. The van der Waals surface area contributed by atoms with Crippen LogP contribution in [-0.4, -0.2) is 45.0 Å². The van der Waals surface area contributed by atoms with Crippen molar-refractivity contribution in [3.63, 3.8) is 0 Å². The van der Waals surface area contributed by atoms with Gasteiger partial charge in [-0.15, -0.1) is 0 Å². The van der Waals surface area contributed by atoms with Crippen molar-refractivity contribution in [1.29, 1.82) is 0 Å². The molecule has 0 aromatic heterocycles. The molecule has 6 atom stereocenters. The maximum atomic E-state index is 13.7. The lowest BCUT2D eigenvalue weighted by Crippen LogP contribution is -2.55. The maximum Gasteiger partial charge on any atom is 0.488 e. The van der Waals surface area contributed by atoms with Gasteiger partial charge < -0.3 is 25.0 Å². The quantitative estimate of drug-likeness (QED) is 0.396. The molecule has 0 radical (unpaired) electrons. The summed E-state index contributed by atoms with van der Waals surface area (Å²) in [6.07, 6.45) is 0.129. The van der Waals surface area contributed by atoms with Crippen LogP contribution in [0, 0.1) is 29.6 Å². The third-order valence-corrected chi connectivity index (χ3v) is 7.75. The molecular formula is C25H28BNO7. The van der Waals surface area contributed by atoms with Crippen LogP contribution < -0.4 is 10.4 Å². The van der Waals surface area contributed by atoms with Crippen molar-refractivity contribution in [3.05, 3.63) is 54.1 Å². The Labute approximate surface area is 197 Å². The number of amides is 2. The van der Waals surface area contributed by atoms with Crippen LogP contribution in [0.1, 0.15) is 38.4 Å². The van der Waals surface area contributed by atoms with E-state index in [1.165, 1.54) is 12.1 Å². The Bertz CT molecular complexity index is 1140. The number of aromatic hydroxyl groups is 1. The maximum absolute atomic E-state index is 13.7. The average Bonchev–Trinajstić information content (AvgIpc) is 3.27. The summed E-state index contributed by atoms with van der Waals surface area (Å²) >= 11 is 0. The third kappa shape index (κ3) is 3.46. The molecule has 1 aliphatic carbocycles. The summed E-state index contributed by atoms with van der Waals surface area (Å²) in [4.78, 5) is 28.3.